The van der Waals surface area contributed by atoms with E-state index >= 15 is 0 Å². The molecule has 3 rings (SSSR count). The van der Waals surface area contributed by atoms with Gasteiger partial charge in [0.15, 0.2) is 0 Å². The topological polar surface area (TPSA) is 24.9 Å². The van der Waals surface area contributed by atoms with Crippen LogP contribution in [0.5, 0.6) is 0 Å². The van der Waals surface area contributed by atoms with Gasteiger partial charge in [0.05, 0.1) is 0 Å². The van der Waals surface area contributed by atoms with Crippen LogP contribution in [0.25, 0.3) is 10.8 Å². The van der Waals surface area contributed by atoms with Crippen molar-refractivity contribution in [1.29, 1.82) is 0 Å². The van der Waals surface area contributed by atoms with Crippen LogP contribution in [-0.2, 0) is 0 Å². The predicted octanol–water partition coefficient (Wildman–Crippen LogP) is 5.08. The molecule has 4 heteroatoms. The summed E-state index contributed by atoms with van der Waals surface area (Å²) in [4.78, 5) is 4.57. The summed E-state index contributed by atoms with van der Waals surface area (Å²) >= 11 is 5.60. The van der Waals surface area contributed by atoms with Gasteiger partial charge in [-0.2, -0.15) is 11.8 Å². The molecular formula is C16H19BrN2S. The van der Waals surface area contributed by atoms with Crippen LogP contribution in [0.1, 0.15) is 25.7 Å². The molecule has 0 saturated heterocycles. The largest absolute Gasteiger partial charge is 0.366 e. The van der Waals surface area contributed by atoms with Gasteiger partial charge in [-0.05, 0) is 31.2 Å². The zero-order chi connectivity index (χ0) is 13.9. The van der Waals surface area contributed by atoms with Crippen LogP contribution >= 0.6 is 27.7 Å². The molecule has 20 heavy (non-hydrogen) atoms. The number of nitrogens with one attached hydrogen (secondary N) is 1. The van der Waals surface area contributed by atoms with Crippen LogP contribution in [0.15, 0.2) is 34.9 Å². The molecule has 0 spiro atoms. The molecule has 1 N–H and O–H groups in total. The molecule has 1 fully saturated rings. The van der Waals surface area contributed by atoms with Crippen LogP contribution in [-0.4, -0.2) is 22.5 Å². The normalized spacial score (nSPS) is 22.9. The predicted molar refractivity (Wildman–Crippen MR) is 92.6 cm³/mol. The Labute approximate surface area is 132 Å². The van der Waals surface area contributed by atoms with Gasteiger partial charge < -0.3 is 5.32 Å². The Morgan fingerprint density at radius 2 is 2.05 bits per heavy atom. The van der Waals surface area contributed by atoms with E-state index in [0.29, 0.717) is 11.3 Å². The minimum atomic E-state index is 0.538. The average molecular weight is 351 g/mol. The fourth-order valence-electron chi connectivity index (χ4n) is 3.00. The molecule has 0 bridgehead atoms. The van der Waals surface area contributed by atoms with Gasteiger partial charge in [0.2, 0.25) is 0 Å². The highest BCUT2D eigenvalue weighted by Gasteiger charge is 2.24. The first kappa shape index (κ1) is 14.2. The molecule has 2 nitrogen and oxygen atoms in total. The lowest BCUT2D eigenvalue weighted by Crippen LogP contribution is -2.34. The van der Waals surface area contributed by atoms with Crippen molar-refractivity contribution in [3.05, 3.63) is 34.9 Å². The van der Waals surface area contributed by atoms with Crippen molar-refractivity contribution in [3.63, 3.8) is 0 Å². The Morgan fingerprint density at radius 3 is 2.90 bits per heavy atom. The second-order valence-corrected chi connectivity index (χ2v) is 7.24. The highest BCUT2D eigenvalue weighted by Crippen LogP contribution is 2.32. The second kappa shape index (κ2) is 6.35. The van der Waals surface area contributed by atoms with Gasteiger partial charge in [0.25, 0.3) is 0 Å². The van der Waals surface area contributed by atoms with E-state index in [-0.39, 0.29) is 0 Å². The van der Waals surface area contributed by atoms with Gasteiger partial charge in [-0.1, -0.05) is 40.9 Å². The molecule has 2 atom stereocenters. The first-order valence-corrected chi connectivity index (χ1v) is 9.20. The van der Waals surface area contributed by atoms with E-state index in [2.05, 4.69) is 56.8 Å². The molecule has 1 heterocycles. The molecule has 106 valence electrons. The Morgan fingerprint density at radius 1 is 1.20 bits per heavy atom. The number of nitrogens with zero attached hydrogens (tertiary/aromatic N) is 1. The highest BCUT2D eigenvalue weighted by atomic mass is 79.9. The maximum absolute atomic E-state index is 4.57. The van der Waals surface area contributed by atoms with E-state index in [1.54, 1.807) is 0 Å². The molecule has 1 aliphatic carbocycles. The summed E-state index contributed by atoms with van der Waals surface area (Å²) in [6.07, 6.45) is 9.36. The number of anilines is 1. The molecule has 0 aliphatic heterocycles. The molecule has 2 unspecified atom stereocenters. The average Bonchev–Trinajstić information content (AvgIpc) is 2.49. The number of hydrogen-bond acceptors (Lipinski definition) is 3. The third-order valence-corrected chi connectivity index (χ3v) is 5.94. The van der Waals surface area contributed by atoms with E-state index in [1.165, 1.54) is 36.5 Å². The molecular weight excluding hydrogens is 332 g/mol. The van der Waals surface area contributed by atoms with Crippen LogP contribution in [0.4, 0.5) is 5.82 Å². The number of pyridine rings is 1. The number of benzene rings is 1. The maximum Gasteiger partial charge on any atom is 0.134 e. The van der Waals surface area contributed by atoms with Crippen molar-refractivity contribution in [2.24, 2.45) is 0 Å². The van der Waals surface area contributed by atoms with Gasteiger partial charge in [0.1, 0.15) is 5.82 Å². The first-order chi connectivity index (χ1) is 9.79. The molecule has 0 amide bonds. The van der Waals surface area contributed by atoms with Gasteiger partial charge in [-0.25, -0.2) is 4.98 Å². The molecule has 1 aromatic heterocycles. The SMILES string of the molecule is CSC1CCCCC1Nc1nccc2c(Br)cccc12. The smallest absolute Gasteiger partial charge is 0.134 e. The third kappa shape index (κ3) is 2.82. The number of thioether (sulfide) groups is 1. The first-order valence-electron chi connectivity index (χ1n) is 7.12. The van der Waals surface area contributed by atoms with Crippen molar-refractivity contribution < 1.29 is 0 Å². The second-order valence-electron chi connectivity index (χ2n) is 5.30. The Balaban J connectivity index is 1.92. The van der Waals surface area contributed by atoms with E-state index in [1.807, 2.05) is 18.0 Å². The van der Waals surface area contributed by atoms with E-state index in [0.717, 1.165) is 10.3 Å². The number of halogens is 1. The lowest BCUT2D eigenvalue weighted by Gasteiger charge is -2.31. The zero-order valence-corrected chi connectivity index (χ0v) is 14.0. The number of aromatic nitrogens is 1. The van der Waals surface area contributed by atoms with Gasteiger partial charge in [-0.15, -0.1) is 0 Å². The molecule has 1 aromatic carbocycles. The monoisotopic (exact) mass is 350 g/mol. The summed E-state index contributed by atoms with van der Waals surface area (Å²) in [5.41, 5.74) is 0. The van der Waals surface area contributed by atoms with Crippen LogP contribution in [0.2, 0.25) is 0 Å². The number of hydrogen-bond donors (Lipinski definition) is 1. The lowest BCUT2D eigenvalue weighted by molar-refractivity contribution is 0.474. The fraction of sp³-hybridized carbons (Fsp3) is 0.438. The van der Waals surface area contributed by atoms with Crippen LogP contribution < -0.4 is 5.32 Å². The highest BCUT2D eigenvalue weighted by molar-refractivity contribution is 9.10. The van der Waals surface area contributed by atoms with Crippen LogP contribution in [0.3, 0.4) is 0 Å². The Kier molecular flexibility index (Phi) is 4.51. The summed E-state index contributed by atoms with van der Waals surface area (Å²) in [5.74, 6) is 1.02. The fourth-order valence-corrected chi connectivity index (χ4v) is 4.44. The molecule has 1 aliphatic rings. The number of fused-ring (bicyclic) bond motifs is 1. The van der Waals surface area contributed by atoms with E-state index in [9.17, 15) is 0 Å². The van der Waals surface area contributed by atoms with Crippen LogP contribution in [0, 0.1) is 0 Å². The van der Waals surface area contributed by atoms with Crippen molar-refractivity contribution in [2.75, 3.05) is 11.6 Å². The number of rotatable bonds is 3. The third-order valence-electron chi connectivity index (χ3n) is 4.08. The zero-order valence-electron chi connectivity index (χ0n) is 11.6. The summed E-state index contributed by atoms with van der Waals surface area (Å²) in [5, 5.41) is 6.83. The van der Waals surface area contributed by atoms with Crippen molar-refractivity contribution in [1.82, 2.24) is 4.98 Å². The summed E-state index contributed by atoms with van der Waals surface area (Å²) in [6, 6.07) is 8.91. The van der Waals surface area contributed by atoms with E-state index in [4.69, 9.17) is 0 Å². The minimum absolute atomic E-state index is 0.538. The summed E-state index contributed by atoms with van der Waals surface area (Å²) < 4.78 is 1.13. The minimum Gasteiger partial charge on any atom is -0.366 e. The van der Waals surface area contributed by atoms with Crippen molar-refractivity contribution >= 4 is 44.3 Å². The van der Waals surface area contributed by atoms with Crippen molar-refractivity contribution in [3.8, 4) is 0 Å². The Hall–Kier alpha value is -0.740. The quantitative estimate of drug-likeness (QED) is 0.834. The standard InChI is InChI=1S/C16H19BrN2S/c1-20-15-8-3-2-7-14(15)19-16-12-5-4-6-13(17)11(12)9-10-18-16/h4-6,9-10,14-15H,2-3,7-8H2,1H3,(H,18,19). The summed E-state index contributed by atoms with van der Waals surface area (Å²) in [7, 11) is 0. The van der Waals surface area contributed by atoms with Gasteiger partial charge in [0, 0.05) is 32.7 Å². The lowest BCUT2D eigenvalue weighted by atomic mass is 9.94. The molecule has 0 radical (unpaired) electrons. The van der Waals surface area contributed by atoms with E-state index < -0.39 is 0 Å². The van der Waals surface area contributed by atoms with Gasteiger partial charge in [-0.3, -0.25) is 0 Å². The molecule has 2 aromatic rings. The van der Waals surface area contributed by atoms with Crippen molar-refractivity contribution in [2.45, 2.75) is 37.0 Å². The van der Waals surface area contributed by atoms with Gasteiger partial charge >= 0.3 is 0 Å². The Bertz CT molecular complexity index is 602. The summed E-state index contributed by atoms with van der Waals surface area (Å²) in [6.45, 7) is 0. The maximum atomic E-state index is 4.57. The molecule has 1 saturated carbocycles.